The van der Waals surface area contributed by atoms with Gasteiger partial charge >= 0.3 is 0 Å². The zero-order chi connectivity index (χ0) is 11.3. The fourth-order valence-electron chi connectivity index (χ4n) is 0.912. The van der Waals surface area contributed by atoms with E-state index >= 15 is 0 Å². The number of nitrogens with one attached hydrogen (secondary N) is 1. The van der Waals surface area contributed by atoms with Gasteiger partial charge in [-0.1, -0.05) is 11.6 Å². The number of hydrogen-bond acceptors (Lipinski definition) is 5. The minimum Gasteiger partial charge on any atom is -0.364 e. The first-order valence-corrected chi connectivity index (χ1v) is 4.90. The van der Waals surface area contributed by atoms with Crippen molar-refractivity contribution >= 4 is 29.0 Å². The molecule has 15 heavy (non-hydrogen) atoms. The molecule has 0 aromatic carbocycles. The summed E-state index contributed by atoms with van der Waals surface area (Å²) in [6, 6.07) is 0. The van der Waals surface area contributed by atoms with Crippen LogP contribution in [-0.2, 0) is 9.47 Å². The molecule has 0 bridgehead atoms. The lowest BCUT2D eigenvalue weighted by molar-refractivity contribution is -0.0914. The van der Waals surface area contributed by atoms with Crippen molar-refractivity contribution in [3.05, 3.63) is 16.5 Å². The number of hydrogen-bond donors (Lipinski definition) is 1. The van der Waals surface area contributed by atoms with Gasteiger partial charge in [-0.05, 0) is 11.6 Å². The summed E-state index contributed by atoms with van der Waals surface area (Å²) in [6.45, 7) is 0.417. The van der Waals surface area contributed by atoms with E-state index in [0.29, 0.717) is 17.4 Å². The second-order valence-electron chi connectivity index (χ2n) is 2.62. The van der Waals surface area contributed by atoms with Gasteiger partial charge < -0.3 is 14.8 Å². The summed E-state index contributed by atoms with van der Waals surface area (Å²) in [7, 11) is 3.09. The van der Waals surface area contributed by atoms with Crippen LogP contribution in [0.15, 0.2) is 6.20 Å². The fraction of sp³-hybridized carbons (Fsp3) is 0.500. The van der Waals surface area contributed by atoms with E-state index in [0.717, 1.165) is 0 Å². The molecule has 0 fully saturated rings. The highest BCUT2D eigenvalue weighted by molar-refractivity contribution is 6.33. The van der Waals surface area contributed by atoms with Crippen molar-refractivity contribution in [1.82, 2.24) is 9.97 Å². The third-order valence-electron chi connectivity index (χ3n) is 1.68. The molecule has 0 aliphatic carbocycles. The van der Waals surface area contributed by atoms with E-state index in [1.54, 1.807) is 14.2 Å². The van der Waals surface area contributed by atoms with Crippen LogP contribution < -0.4 is 5.32 Å². The van der Waals surface area contributed by atoms with Crippen LogP contribution in [-0.4, -0.2) is 37.0 Å². The number of anilines is 1. The number of methoxy groups -OCH3 is 2. The second-order valence-corrected chi connectivity index (χ2v) is 3.36. The molecule has 7 heteroatoms. The highest BCUT2D eigenvalue weighted by Gasteiger charge is 2.08. The van der Waals surface area contributed by atoms with Crippen LogP contribution in [0.4, 0.5) is 5.82 Å². The molecule has 0 aliphatic rings. The first kappa shape index (κ1) is 12.4. The van der Waals surface area contributed by atoms with Gasteiger partial charge in [0.25, 0.3) is 0 Å². The Balaban J connectivity index is 2.60. The van der Waals surface area contributed by atoms with Crippen LogP contribution in [0, 0.1) is 0 Å². The molecular formula is C8H11Cl2N3O2. The van der Waals surface area contributed by atoms with Gasteiger partial charge in [0.2, 0.25) is 5.28 Å². The van der Waals surface area contributed by atoms with Crippen LogP contribution in [0.1, 0.15) is 0 Å². The van der Waals surface area contributed by atoms with Crippen molar-refractivity contribution < 1.29 is 9.47 Å². The van der Waals surface area contributed by atoms with Gasteiger partial charge in [-0.25, -0.2) is 4.98 Å². The van der Waals surface area contributed by atoms with Gasteiger partial charge in [0.15, 0.2) is 6.29 Å². The molecule has 0 unspecified atom stereocenters. The summed E-state index contributed by atoms with van der Waals surface area (Å²) in [5.74, 6) is 0.454. The molecular weight excluding hydrogens is 241 g/mol. The zero-order valence-electron chi connectivity index (χ0n) is 8.33. The second kappa shape index (κ2) is 6.07. The normalized spacial score (nSPS) is 10.7. The van der Waals surface area contributed by atoms with Gasteiger partial charge in [-0.2, -0.15) is 4.98 Å². The molecule has 0 saturated heterocycles. The predicted molar refractivity (Wildman–Crippen MR) is 58.3 cm³/mol. The standard InChI is InChI=1S/C8H11Cl2N3O2/c1-14-6(15-2)4-11-7-5(9)3-12-8(10)13-7/h3,6H,4H2,1-2H3,(H,11,12,13). The Labute approximate surface area is 97.7 Å². The van der Waals surface area contributed by atoms with Crippen LogP contribution in [0.2, 0.25) is 10.3 Å². The number of aromatic nitrogens is 2. The van der Waals surface area contributed by atoms with Gasteiger partial charge in [-0.3, -0.25) is 0 Å². The molecule has 0 amide bonds. The van der Waals surface area contributed by atoms with Crippen LogP contribution >= 0.6 is 23.2 Å². The maximum Gasteiger partial charge on any atom is 0.224 e. The Kier molecular flexibility index (Phi) is 5.04. The molecule has 5 nitrogen and oxygen atoms in total. The molecule has 1 aromatic heterocycles. The molecule has 1 aromatic rings. The monoisotopic (exact) mass is 251 g/mol. The largest absolute Gasteiger partial charge is 0.364 e. The van der Waals surface area contributed by atoms with Gasteiger partial charge in [0, 0.05) is 14.2 Å². The Morgan fingerprint density at radius 1 is 1.40 bits per heavy atom. The van der Waals surface area contributed by atoms with Crippen molar-refractivity contribution in [2.75, 3.05) is 26.1 Å². The molecule has 0 radical (unpaired) electrons. The zero-order valence-corrected chi connectivity index (χ0v) is 9.84. The fourth-order valence-corrected chi connectivity index (χ4v) is 1.20. The Morgan fingerprint density at radius 2 is 2.07 bits per heavy atom. The number of nitrogens with zero attached hydrogens (tertiary/aromatic N) is 2. The number of halogens is 2. The van der Waals surface area contributed by atoms with Gasteiger partial charge in [0.05, 0.1) is 12.7 Å². The summed E-state index contributed by atoms with van der Waals surface area (Å²) >= 11 is 11.5. The molecule has 1 heterocycles. The molecule has 1 N–H and O–H groups in total. The predicted octanol–water partition coefficient (Wildman–Crippen LogP) is 1.81. The van der Waals surface area contributed by atoms with Crippen molar-refractivity contribution in [3.8, 4) is 0 Å². The summed E-state index contributed by atoms with van der Waals surface area (Å²) in [5, 5.41) is 3.46. The SMILES string of the molecule is COC(CNc1nc(Cl)ncc1Cl)OC. The van der Waals surface area contributed by atoms with Gasteiger partial charge in [0.1, 0.15) is 10.8 Å². The van der Waals surface area contributed by atoms with E-state index in [-0.39, 0.29) is 11.6 Å². The first-order valence-electron chi connectivity index (χ1n) is 4.15. The highest BCUT2D eigenvalue weighted by atomic mass is 35.5. The van der Waals surface area contributed by atoms with Crippen LogP contribution in [0.3, 0.4) is 0 Å². The maximum atomic E-state index is 5.84. The Hall–Kier alpha value is -0.620. The van der Waals surface area contributed by atoms with E-state index in [1.165, 1.54) is 6.20 Å². The van der Waals surface area contributed by atoms with Crippen molar-refractivity contribution in [2.45, 2.75) is 6.29 Å². The topological polar surface area (TPSA) is 56.3 Å². The molecule has 0 atom stereocenters. The minimum atomic E-state index is -0.366. The maximum absolute atomic E-state index is 5.84. The van der Waals surface area contributed by atoms with E-state index in [1.807, 2.05) is 0 Å². The summed E-state index contributed by atoms with van der Waals surface area (Å²) in [5.41, 5.74) is 0. The summed E-state index contributed by atoms with van der Waals surface area (Å²) < 4.78 is 9.97. The van der Waals surface area contributed by atoms with Crippen molar-refractivity contribution in [3.63, 3.8) is 0 Å². The third-order valence-corrected chi connectivity index (χ3v) is 2.14. The van der Waals surface area contributed by atoms with Crippen molar-refractivity contribution in [1.29, 1.82) is 0 Å². The first-order chi connectivity index (χ1) is 7.17. The molecule has 84 valence electrons. The lowest BCUT2D eigenvalue weighted by Crippen LogP contribution is -2.24. The smallest absolute Gasteiger partial charge is 0.224 e. The molecule has 0 aliphatic heterocycles. The Bertz CT molecular complexity index is 321. The lowest BCUT2D eigenvalue weighted by Gasteiger charge is -2.14. The highest BCUT2D eigenvalue weighted by Crippen LogP contribution is 2.19. The Morgan fingerprint density at radius 3 is 2.67 bits per heavy atom. The van der Waals surface area contributed by atoms with E-state index in [2.05, 4.69) is 15.3 Å². The van der Waals surface area contributed by atoms with Crippen LogP contribution in [0.25, 0.3) is 0 Å². The van der Waals surface area contributed by atoms with Crippen molar-refractivity contribution in [2.24, 2.45) is 0 Å². The summed E-state index contributed by atoms with van der Waals surface area (Å²) in [4.78, 5) is 7.64. The lowest BCUT2D eigenvalue weighted by atomic mass is 10.5. The number of rotatable bonds is 5. The van der Waals surface area contributed by atoms with Gasteiger partial charge in [-0.15, -0.1) is 0 Å². The average molecular weight is 252 g/mol. The summed E-state index contributed by atoms with van der Waals surface area (Å²) in [6.07, 6.45) is 1.06. The number of ether oxygens (including phenoxy) is 2. The van der Waals surface area contributed by atoms with Crippen LogP contribution in [0.5, 0.6) is 0 Å². The minimum absolute atomic E-state index is 0.133. The quantitative estimate of drug-likeness (QED) is 0.639. The average Bonchev–Trinajstić information content (AvgIpc) is 2.24. The third kappa shape index (κ3) is 3.79. The molecule has 1 rings (SSSR count). The molecule has 0 spiro atoms. The van der Waals surface area contributed by atoms with E-state index in [9.17, 15) is 0 Å². The molecule has 0 saturated carbocycles. The van der Waals surface area contributed by atoms with E-state index < -0.39 is 0 Å². The van der Waals surface area contributed by atoms with E-state index in [4.69, 9.17) is 32.7 Å².